The molecule has 0 aliphatic heterocycles. The van der Waals surface area contributed by atoms with Crippen molar-refractivity contribution in [3.05, 3.63) is 68.1 Å². The van der Waals surface area contributed by atoms with Gasteiger partial charge in [-0.25, -0.2) is 9.48 Å². The highest BCUT2D eigenvalue weighted by Gasteiger charge is 2.09. The molecule has 0 saturated heterocycles. The number of nitrogens with zero attached hydrogens (tertiary/aromatic N) is 3. The second kappa shape index (κ2) is 5.31. The molecular weight excluding hydrogens is 266 g/mol. The molecule has 0 saturated carbocycles. The topological polar surface area (TPSA) is 115 Å². The largest absolute Gasteiger partial charge is 0.476 e. The average Bonchev–Trinajstić information content (AvgIpc) is 2.41. The van der Waals surface area contributed by atoms with E-state index in [0.717, 1.165) is 16.8 Å². The number of aromatic carboxylic acids is 1. The van der Waals surface area contributed by atoms with Crippen molar-refractivity contribution < 1.29 is 14.8 Å². The second-order valence-electron chi connectivity index (χ2n) is 3.94. The average molecular weight is 275 g/mol. The number of hydrogen-bond acceptors (Lipinski definition) is 5. The number of carboxylic acid groups (broad SMARTS) is 1. The number of nitro benzene ring substituents is 1. The lowest BCUT2D eigenvalue weighted by Crippen LogP contribution is -2.24. The number of non-ortho nitro benzene ring substituents is 1. The number of benzene rings is 1. The summed E-state index contributed by atoms with van der Waals surface area (Å²) < 4.78 is 0.991. The Morgan fingerprint density at radius 3 is 2.45 bits per heavy atom. The number of carbonyl (C=O) groups is 1. The number of hydrogen-bond donors (Lipinski definition) is 1. The lowest BCUT2D eigenvalue weighted by atomic mass is 10.2. The molecule has 1 N–H and O–H groups in total. The molecule has 2 rings (SSSR count). The molecule has 0 aliphatic carbocycles. The predicted molar refractivity (Wildman–Crippen MR) is 67.7 cm³/mol. The Morgan fingerprint density at radius 1 is 1.25 bits per heavy atom. The minimum Gasteiger partial charge on any atom is -0.476 e. The van der Waals surface area contributed by atoms with Crippen LogP contribution in [0.25, 0.3) is 0 Å². The number of rotatable bonds is 4. The smallest absolute Gasteiger partial charge is 0.356 e. The molecule has 0 amide bonds. The zero-order chi connectivity index (χ0) is 14.7. The Balaban J connectivity index is 2.29. The third-order valence-corrected chi connectivity index (χ3v) is 2.57. The van der Waals surface area contributed by atoms with Crippen molar-refractivity contribution in [1.29, 1.82) is 0 Å². The zero-order valence-electron chi connectivity index (χ0n) is 10.1. The first-order valence-electron chi connectivity index (χ1n) is 5.52. The minimum atomic E-state index is -1.23. The maximum Gasteiger partial charge on any atom is 0.356 e. The van der Waals surface area contributed by atoms with Gasteiger partial charge in [-0.3, -0.25) is 14.9 Å². The van der Waals surface area contributed by atoms with Crippen molar-refractivity contribution in [3.8, 4) is 0 Å². The van der Waals surface area contributed by atoms with Crippen molar-refractivity contribution in [2.24, 2.45) is 0 Å². The highest BCUT2D eigenvalue weighted by atomic mass is 16.6. The van der Waals surface area contributed by atoms with Crippen LogP contribution in [-0.2, 0) is 6.54 Å². The Labute approximate surface area is 112 Å². The summed E-state index contributed by atoms with van der Waals surface area (Å²) in [6, 6.07) is 7.82. The van der Waals surface area contributed by atoms with Gasteiger partial charge in [0.15, 0.2) is 5.69 Å². The highest BCUT2D eigenvalue weighted by Crippen LogP contribution is 2.12. The van der Waals surface area contributed by atoms with Crippen LogP contribution in [0.3, 0.4) is 0 Å². The van der Waals surface area contributed by atoms with Gasteiger partial charge in [0.25, 0.3) is 11.2 Å². The van der Waals surface area contributed by atoms with Crippen LogP contribution in [0.15, 0.2) is 41.2 Å². The quantitative estimate of drug-likeness (QED) is 0.654. The molecule has 1 aromatic carbocycles. The van der Waals surface area contributed by atoms with Crippen LogP contribution >= 0.6 is 0 Å². The van der Waals surface area contributed by atoms with Gasteiger partial charge in [-0.05, 0) is 11.6 Å². The molecule has 0 bridgehead atoms. The van der Waals surface area contributed by atoms with E-state index in [0.29, 0.717) is 5.56 Å². The third kappa shape index (κ3) is 2.86. The van der Waals surface area contributed by atoms with Crippen LogP contribution in [0.2, 0.25) is 0 Å². The lowest BCUT2D eigenvalue weighted by Gasteiger charge is -2.05. The first kappa shape index (κ1) is 13.4. The van der Waals surface area contributed by atoms with Gasteiger partial charge in [0.1, 0.15) is 0 Å². The van der Waals surface area contributed by atoms with E-state index in [2.05, 4.69) is 5.10 Å². The van der Waals surface area contributed by atoms with Gasteiger partial charge in [0.05, 0.1) is 11.5 Å². The van der Waals surface area contributed by atoms with E-state index in [1.54, 1.807) is 0 Å². The molecule has 102 valence electrons. The zero-order valence-corrected chi connectivity index (χ0v) is 10.1. The molecule has 1 aromatic heterocycles. The first-order chi connectivity index (χ1) is 9.47. The molecule has 0 unspecified atom stereocenters. The van der Waals surface area contributed by atoms with Gasteiger partial charge in [0.2, 0.25) is 0 Å². The van der Waals surface area contributed by atoms with E-state index in [1.807, 2.05) is 0 Å². The predicted octanol–water partition coefficient (Wildman–Crippen LogP) is 0.898. The van der Waals surface area contributed by atoms with Gasteiger partial charge < -0.3 is 5.11 Å². The Kier molecular flexibility index (Phi) is 3.56. The van der Waals surface area contributed by atoms with Crippen LogP contribution in [0, 0.1) is 10.1 Å². The first-order valence-corrected chi connectivity index (χ1v) is 5.52. The van der Waals surface area contributed by atoms with Crippen molar-refractivity contribution in [2.75, 3.05) is 0 Å². The monoisotopic (exact) mass is 275 g/mol. The highest BCUT2D eigenvalue weighted by molar-refractivity contribution is 5.84. The van der Waals surface area contributed by atoms with Crippen molar-refractivity contribution in [2.45, 2.75) is 6.54 Å². The maximum absolute atomic E-state index is 11.6. The van der Waals surface area contributed by atoms with Crippen LogP contribution in [-0.4, -0.2) is 25.8 Å². The van der Waals surface area contributed by atoms with E-state index in [-0.39, 0.29) is 17.9 Å². The summed E-state index contributed by atoms with van der Waals surface area (Å²) in [6.07, 6.45) is 0. The fraction of sp³-hybridized carbons (Fsp3) is 0.0833. The Morgan fingerprint density at radius 2 is 1.90 bits per heavy atom. The van der Waals surface area contributed by atoms with Crippen molar-refractivity contribution in [3.63, 3.8) is 0 Å². The summed E-state index contributed by atoms with van der Waals surface area (Å²) in [5.74, 6) is -1.23. The lowest BCUT2D eigenvalue weighted by molar-refractivity contribution is -0.384. The number of carboxylic acids is 1. The van der Waals surface area contributed by atoms with Crippen LogP contribution < -0.4 is 5.56 Å². The normalized spacial score (nSPS) is 10.2. The van der Waals surface area contributed by atoms with E-state index in [9.17, 15) is 19.7 Å². The molecule has 0 fully saturated rings. The molecular formula is C12H9N3O5. The molecule has 2 aromatic rings. The summed E-state index contributed by atoms with van der Waals surface area (Å²) in [6.45, 7) is 0.0396. The fourth-order valence-corrected chi connectivity index (χ4v) is 1.57. The van der Waals surface area contributed by atoms with Gasteiger partial charge in [-0.2, -0.15) is 5.10 Å². The molecule has 8 heteroatoms. The van der Waals surface area contributed by atoms with E-state index >= 15 is 0 Å². The van der Waals surface area contributed by atoms with E-state index in [4.69, 9.17) is 5.11 Å². The Hall–Kier alpha value is -3.03. The van der Waals surface area contributed by atoms with Crippen LogP contribution in [0.4, 0.5) is 5.69 Å². The van der Waals surface area contributed by atoms with Crippen LogP contribution in [0.5, 0.6) is 0 Å². The molecule has 0 spiro atoms. The van der Waals surface area contributed by atoms with Crippen molar-refractivity contribution in [1.82, 2.24) is 9.78 Å². The minimum absolute atomic E-state index is 0.0396. The molecule has 8 nitrogen and oxygen atoms in total. The fourth-order valence-electron chi connectivity index (χ4n) is 1.57. The second-order valence-corrected chi connectivity index (χ2v) is 3.94. The van der Waals surface area contributed by atoms with Gasteiger partial charge in [-0.15, -0.1) is 0 Å². The standard InChI is InChI=1S/C12H9N3O5/c16-11-6-5-10(12(17)18)13-14(11)7-8-1-3-9(4-2-8)15(19)20/h1-6H,7H2,(H,17,18). The Bertz CT molecular complexity index is 721. The number of aromatic nitrogens is 2. The summed E-state index contributed by atoms with van der Waals surface area (Å²) >= 11 is 0. The SMILES string of the molecule is O=C(O)c1ccc(=O)n(Cc2ccc([N+](=O)[O-])cc2)n1. The van der Waals surface area contributed by atoms with Crippen molar-refractivity contribution >= 4 is 11.7 Å². The summed E-state index contributed by atoms with van der Waals surface area (Å²) in [5.41, 5.74) is -0.152. The van der Waals surface area contributed by atoms with Gasteiger partial charge in [0, 0.05) is 18.2 Å². The molecule has 0 atom stereocenters. The van der Waals surface area contributed by atoms with Gasteiger partial charge in [-0.1, -0.05) is 12.1 Å². The molecule has 0 aliphatic rings. The molecule has 20 heavy (non-hydrogen) atoms. The van der Waals surface area contributed by atoms with E-state index in [1.165, 1.54) is 24.3 Å². The summed E-state index contributed by atoms with van der Waals surface area (Å²) in [7, 11) is 0. The van der Waals surface area contributed by atoms with E-state index < -0.39 is 16.5 Å². The van der Waals surface area contributed by atoms with Gasteiger partial charge >= 0.3 is 5.97 Å². The summed E-state index contributed by atoms with van der Waals surface area (Å²) in [5, 5.41) is 23.0. The molecule has 0 radical (unpaired) electrons. The summed E-state index contributed by atoms with van der Waals surface area (Å²) in [4.78, 5) is 32.3. The van der Waals surface area contributed by atoms with Crippen LogP contribution in [0.1, 0.15) is 16.1 Å². The molecule has 1 heterocycles. The number of nitro groups is 1. The third-order valence-electron chi connectivity index (χ3n) is 2.57. The maximum atomic E-state index is 11.6.